The summed E-state index contributed by atoms with van der Waals surface area (Å²) < 4.78 is 10.5. The van der Waals surface area contributed by atoms with E-state index in [0.717, 1.165) is 6.42 Å². The number of aliphatic hydroxyl groups excluding tert-OH is 3. The summed E-state index contributed by atoms with van der Waals surface area (Å²) in [6.07, 6.45) is -5.76. The highest BCUT2D eigenvalue weighted by Crippen LogP contribution is 2.22. The summed E-state index contributed by atoms with van der Waals surface area (Å²) in [5, 5.41) is 57.9. The van der Waals surface area contributed by atoms with Crippen LogP contribution in [0.2, 0.25) is 0 Å². The zero-order chi connectivity index (χ0) is 42.7. The fourth-order valence-corrected chi connectivity index (χ4v) is 6.28. The molecular weight excluding hydrogens is 756 g/mol. The molecule has 326 valence electrons. The molecule has 0 spiro atoms. The minimum atomic E-state index is -1.75. The van der Waals surface area contributed by atoms with E-state index in [0.29, 0.717) is 38.8 Å². The van der Waals surface area contributed by atoms with Gasteiger partial charge in [-0.05, 0) is 45.1 Å². The van der Waals surface area contributed by atoms with Crippen molar-refractivity contribution in [2.45, 2.75) is 132 Å². The van der Waals surface area contributed by atoms with Gasteiger partial charge in [0.2, 0.25) is 23.6 Å². The monoisotopic (exact) mass is 818 g/mol. The predicted octanol–water partition coefficient (Wildman–Crippen LogP) is -6.44. The number of guanidine groups is 1. The fourth-order valence-electron chi connectivity index (χ4n) is 6.28. The molecule has 0 radical (unpaired) electrons. The quantitative estimate of drug-likeness (QED) is 0.0381. The maximum absolute atomic E-state index is 13.3. The molecule has 2 aliphatic rings. The average Bonchev–Trinajstić information content (AvgIpc) is 3.57. The number of aliphatic carboxylic acids is 1. The lowest BCUT2D eigenvalue weighted by atomic mass is 9.95. The van der Waals surface area contributed by atoms with Crippen LogP contribution < -0.4 is 60.6 Å². The van der Waals surface area contributed by atoms with Crippen LogP contribution in [-0.2, 0) is 33.4 Å². The molecule has 0 bridgehead atoms. The number of aliphatic hydroxyl groups is 3. The van der Waals surface area contributed by atoms with E-state index < -0.39 is 91.3 Å². The SMILES string of the molecule is CC(=O)N[C@@H](CCCNC(=O)C[C@@H](N)CCCNC(=O)C[C@@H](N)CCCN)CC(=O)N[C@@H]1[C@H](O)[C@@H](O)[C@@H](COC(N)=O)O[C@H]1NC1=N[C@H](C(=O)O)[C@@H]([C@H](O)CN)N1. The summed E-state index contributed by atoms with van der Waals surface area (Å²) in [5.41, 5.74) is 28.0. The van der Waals surface area contributed by atoms with Gasteiger partial charge in [-0.15, -0.1) is 0 Å². The topological polar surface area (TPSA) is 416 Å². The standard InChI is InChI=1S/C33H62N12O12/c1-16(46)41-19(7-4-10-40-23(49)12-18(37)6-3-9-39-22(48)11-17(36)5-2-8-34)13-24(50)42-27-29(52)28(51)21(15-56-32(38)55)57-30(27)45-33-43-25(20(47)14-35)26(44-33)31(53)54/h17-21,25-30,47,51-52H,2-15,34-37H2,1H3,(H2,38,55)(H,39,48)(H,40,49)(H,41,46)(H,42,50)(H,53,54)(H2,43,44,45)/t17-,18-,19-,20+,21+,25+,26-,27+,28-,29-,30+/m0/s1. The molecule has 1 saturated heterocycles. The van der Waals surface area contributed by atoms with Crippen molar-refractivity contribution in [1.29, 1.82) is 0 Å². The number of nitrogens with one attached hydrogen (secondary N) is 6. The third kappa shape index (κ3) is 17.7. The molecule has 2 heterocycles. The Balaban J connectivity index is 1.94. The fraction of sp³-hybridized carbons (Fsp3) is 0.788. The van der Waals surface area contributed by atoms with Crippen molar-refractivity contribution < 1.29 is 58.7 Å². The Hall–Kier alpha value is -4.43. The van der Waals surface area contributed by atoms with E-state index in [4.69, 9.17) is 38.1 Å². The number of carboxylic acids is 1. The van der Waals surface area contributed by atoms with E-state index in [9.17, 15) is 49.2 Å². The summed E-state index contributed by atoms with van der Waals surface area (Å²) in [5.74, 6) is -3.18. The minimum Gasteiger partial charge on any atom is -0.480 e. The van der Waals surface area contributed by atoms with Gasteiger partial charge in [0, 0.05) is 63.9 Å². The number of amides is 5. The van der Waals surface area contributed by atoms with Crippen molar-refractivity contribution >= 4 is 41.7 Å². The van der Waals surface area contributed by atoms with Crippen molar-refractivity contribution in [2.24, 2.45) is 33.7 Å². The molecule has 57 heavy (non-hydrogen) atoms. The first-order chi connectivity index (χ1) is 26.9. The molecule has 24 heteroatoms. The van der Waals surface area contributed by atoms with Crippen LogP contribution in [0.3, 0.4) is 0 Å². The molecule has 11 atom stereocenters. The summed E-state index contributed by atoms with van der Waals surface area (Å²) in [4.78, 5) is 76.8. The Kier molecular flexibility index (Phi) is 21.4. The Morgan fingerprint density at radius 2 is 1.49 bits per heavy atom. The number of primary amides is 1. The number of nitrogens with two attached hydrogens (primary N) is 5. The van der Waals surface area contributed by atoms with Crippen LogP contribution in [0.15, 0.2) is 4.99 Å². The maximum atomic E-state index is 13.3. The summed E-state index contributed by atoms with van der Waals surface area (Å²) >= 11 is 0. The number of hydrogen-bond acceptors (Lipinski definition) is 18. The van der Waals surface area contributed by atoms with Crippen LogP contribution in [-0.4, -0.2) is 162 Å². The highest BCUT2D eigenvalue weighted by molar-refractivity contribution is 5.89. The molecule has 0 saturated carbocycles. The molecule has 2 aliphatic heterocycles. The lowest BCUT2D eigenvalue weighted by Crippen LogP contribution is -2.69. The zero-order valence-electron chi connectivity index (χ0n) is 32.1. The number of aliphatic imine (C=N–C) groups is 1. The molecular formula is C33H62N12O12. The third-order valence-corrected chi connectivity index (χ3v) is 9.20. The molecule has 0 aromatic rings. The number of carbonyl (C=O) groups is 6. The van der Waals surface area contributed by atoms with Crippen molar-refractivity contribution in [3.63, 3.8) is 0 Å². The maximum Gasteiger partial charge on any atom is 0.404 e. The van der Waals surface area contributed by atoms with E-state index in [1.54, 1.807) is 0 Å². The van der Waals surface area contributed by atoms with Gasteiger partial charge in [0.15, 0.2) is 18.2 Å². The van der Waals surface area contributed by atoms with Crippen LogP contribution >= 0.6 is 0 Å². The second-order valence-electron chi connectivity index (χ2n) is 14.1. The molecule has 0 aromatic carbocycles. The molecule has 24 nitrogen and oxygen atoms in total. The average molecular weight is 819 g/mol. The summed E-state index contributed by atoms with van der Waals surface area (Å²) in [6.45, 7) is 1.48. The van der Waals surface area contributed by atoms with E-state index in [-0.39, 0.29) is 62.6 Å². The second kappa shape index (κ2) is 25.0. The number of carbonyl (C=O) groups excluding carboxylic acids is 5. The lowest BCUT2D eigenvalue weighted by molar-refractivity contribution is -0.198. The number of ether oxygens (including phenoxy) is 2. The van der Waals surface area contributed by atoms with E-state index in [1.807, 2.05) is 0 Å². The number of hydrogen-bond donors (Lipinski definition) is 15. The minimum absolute atomic E-state index is 0.0466. The van der Waals surface area contributed by atoms with Crippen molar-refractivity contribution in [2.75, 3.05) is 32.8 Å². The van der Waals surface area contributed by atoms with E-state index in [2.05, 4.69) is 36.9 Å². The molecule has 1 fully saturated rings. The normalized spacial score (nSPS) is 25.1. The summed E-state index contributed by atoms with van der Waals surface area (Å²) in [7, 11) is 0. The largest absolute Gasteiger partial charge is 0.480 e. The molecule has 0 aliphatic carbocycles. The summed E-state index contributed by atoms with van der Waals surface area (Å²) in [6, 6.07) is -5.47. The van der Waals surface area contributed by atoms with Crippen LogP contribution in [0.25, 0.3) is 0 Å². The van der Waals surface area contributed by atoms with Crippen LogP contribution in [0.4, 0.5) is 4.79 Å². The second-order valence-corrected chi connectivity index (χ2v) is 14.1. The van der Waals surface area contributed by atoms with Crippen molar-refractivity contribution in [3.05, 3.63) is 0 Å². The zero-order valence-corrected chi connectivity index (χ0v) is 32.1. The lowest BCUT2D eigenvalue weighted by Gasteiger charge is -2.43. The smallest absolute Gasteiger partial charge is 0.404 e. The van der Waals surface area contributed by atoms with Gasteiger partial charge in [-0.1, -0.05) is 0 Å². The van der Waals surface area contributed by atoms with Gasteiger partial charge in [-0.3, -0.25) is 19.2 Å². The predicted molar refractivity (Wildman–Crippen MR) is 202 cm³/mol. The Bertz CT molecular complexity index is 1360. The van der Waals surface area contributed by atoms with Crippen molar-refractivity contribution in [1.82, 2.24) is 31.9 Å². The van der Waals surface area contributed by atoms with Gasteiger partial charge in [-0.2, -0.15) is 0 Å². The molecule has 0 aromatic heterocycles. The Morgan fingerprint density at radius 1 is 0.895 bits per heavy atom. The van der Waals surface area contributed by atoms with Gasteiger partial charge in [-0.25, -0.2) is 14.6 Å². The molecule has 20 N–H and O–H groups in total. The highest BCUT2D eigenvalue weighted by Gasteiger charge is 2.47. The van der Waals surface area contributed by atoms with Gasteiger partial charge in [0.1, 0.15) is 31.0 Å². The highest BCUT2D eigenvalue weighted by atomic mass is 16.6. The third-order valence-electron chi connectivity index (χ3n) is 9.20. The number of rotatable bonds is 25. The molecule has 0 unspecified atom stereocenters. The van der Waals surface area contributed by atoms with Crippen LogP contribution in [0.5, 0.6) is 0 Å². The van der Waals surface area contributed by atoms with Gasteiger partial charge in [0.05, 0.1) is 12.1 Å². The van der Waals surface area contributed by atoms with Crippen molar-refractivity contribution in [3.8, 4) is 0 Å². The first-order valence-electron chi connectivity index (χ1n) is 18.9. The Morgan fingerprint density at radius 3 is 2.04 bits per heavy atom. The van der Waals surface area contributed by atoms with Gasteiger partial charge >= 0.3 is 12.1 Å². The van der Waals surface area contributed by atoms with Gasteiger partial charge < -0.3 is 90.5 Å². The Labute approximate surface area is 330 Å². The first kappa shape index (κ1) is 48.7. The number of carboxylic acid groups (broad SMARTS) is 1. The van der Waals surface area contributed by atoms with Gasteiger partial charge in [0.25, 0.3) is 0 Å². The molecule has 5 amide bonds. The first-order valence-corrected chi connectivity index (χ1v) is 18.9. The van der Waals surface area contributed by atoms with Crippen LogP contribution in [0.1, 0.15) is 64.7 Å². The van der Waals surface area contributed by atoms with E-state index in [1.165, 1.54) is 6.92 Å². The number of nitrogens with zero attached hydrogens (tertiary/aromatic N) is 1. The van der Waals surface area contributed by atoms with E-state index >= 15 is 0 Å². The van der Waals surface area contributed by atoms with Crippen LogP contribution in [0, 0.1) is 0 Å². The molecule has 2 rings (SSSR count).